The Hall–Kier alpha value is -2.57. The van der Waals surface area contributed by atoms with Gasteiger partial charge in [0.2, 0.25) is 0 Å². The molecule has 0 amide bonds. The van der Waals surface area contributed by atoms with Crippen LogP contribution in [0.3, 0.4) is 0 Å². The van der Waals surface area contributed by atoms with Crippen LogP contribution >= 0.6 is 11.3 Å². The van der Waals surface area contributed by atoms with Crippen LogP contribution in [0.15, 0.2) is 47.5 Å². The molecule has 6 heteroatoms. The molecule has 1 aromatic carbocycles. The second-order valence-corrected chi connectivity index (χ2v) is 8.66. The van der Waals surface area contributed by atoms with Gasteiger partial charge in [0, 0.05) is 17.4 Å². The van der Waals surface area contributed by atoms with Crippen molar-refractivity contribution in [3.63, 3.8) is 0 Å². The Kier molecular flexibility index (Phi) is 4.07. The Labute approximate surface area is 166 Å². The highest BCUT2D eigenvalue weighted by molar-refractivity contribution is 7.25. The summed E-state index contributed by atoms with van der Waals surface area (Å²) >= 11 is 1.45. The summed E-state index contributed by atoms with van der Waals surface area (Å²) in [6.07, 6.45) is 3.40. The molecule has 0 fully saturated rings. The van der Waals surface area contributed by atoms with Crippen molar-refractivity contribution in [3.05, 3.63) is 69.9 Å². The maximum atomic E-state index is 13.1. The lowest BCUT2D eigenvalue weighted by Crippen LogP contribution is -2.35. The van der Waals surface area contributed by atoms with E-state index in [4.69, 9.17) is 9.72 Å². The molecule has 0 saturated heterocycles. The number of benzene rings is 1. The summed E-state index contributed by atoms with van der Waals surface area (Å²) < 4.78 is 8.40. The number of ether oxygens (including phenoxy) is 1. The van der Waals surface area contributed by atoms with Crippen molar-refractivity contribution in [2.75, 3.05) is 0 Å². The first-order valence-corrected chi connectivity index (χ1v) is 10.4. The van der Waals surface area contributed by atoms with E-state index in [1.807, 2.05) is 30.3 Å². The van der Waals surface area contributed by atoms with E-state index in [9.17, 15) is 4.79 Å². The summed E-state index contributed by atoms with van der Waals surface area (Å²) in [5.41, 5.74) is 3.84. The average Bonchev–Trinajstić information content (AvgIpc) is 3.07. The molecule has 28 heavy (non-hydrogen) atoms. The molecule has 0 N–H and O–H groups in total. The van der Waals surface area contributed by atoms with Gasteiger partial charge in [0.05, 0.1) is 36.3 Å². The summed E-state index contributed by atoms with van der Waals surface area (Å²) in [6.45, 7) is 5.35. The van der Waals surface area contributed by atoms with Crippen LogP contribution < -0.4 is 5.56 Å². The lowest BCUT2D eigenvalue weighted by Gasteiger charge is -2.33. The van der Waals surface area contributed by atoms with Gasteiger partial charge in [-0.1, -0.05) is 37.3 Å². The van der Waals surface area contributed by atoms with Crippen molar-refractivity contribution < 1.29 is 4.74 Å². The summed E-state index contributed by atoms with van der Waals surface area (Å²) in [7, 11) is 0. The minimum atomic E-state index is -0.162. The third kappa shape index (κ3) is 2.84. The first-order chi connectivity index (χ1) is 13.6. The number of nitrogens with zero attached hydrogens (tertiary/aromatic N) is 3. The molecule has 4 aromatic rings. The minimum absolute atomic E-state index is 0.00975. The number of pyridine rings is 1. The number of hydrogen-bond acceptors (Lipinski definition) is 5. The molecule has 3 aromatic heterocycles. The topological polar surface area (TPSA) is 57.0 Å². The monoisotopic (exact) mass is 391 g/mol. The largest absolute Gasteiger partial charge is 0.370 e. The Morgan fingerprint density at radius 3 is 2.89 bits per heavy atom. The quantitative estimate of drug-likeness (QED) is 0.523. The molecule has 0 saturated carbocycles. The molecule has 1 atom stereocenters. The van der Waals surface area contributed by atoms with Gasteiger partial charge in [0.1, 0.15) is 9.53 Å². The molecule has 0 aliphatic carbocycles. The predicted octanol–water partition coefficient (Wildman–Crippen LogP) is 4.30. The third-order valence-corrected chi connectivity index (χ3v) is 6.74. The van der Waals surface area contributed by atoms with Crippen LogP contribution in [0.25, 0.3) is 20.4 Å². The molecule has 1 aliphatic heterocycles. The summed E-state index contributed by atoms with van der Waals surface area (Å²) in [5, 5.41) is 0.950. The van der Waals surface area contributed by atoms with E-state index in [1.54, 1.807) is 10.9 Å². The molecule has 0 bridgehead atoms. The van der Waals surface area contributed by atoms with E-state index in [0.717, 1.165) is 45.4 Å². The lowest BCUT2D eigenvalue weighted by atomic mass is 9.91. The number of fused-ring (bicyclic) bond motifs is 4. The van der Waals surface area contributed by atoms with Gasteiger partial charge >= 0.3 is 0 Å². The van der Waals surface area contributed by atoms with E-state index in [2.05, 4.69) is 24.9 Å². The highest BCUT2D eigenvalue weighted by atomic mass is 32.1. The molecule has 142 valence electrons. The van der Waals surface area contributed by atoms with Crippen LogP contribution in [0.4, 0.5) is 0 Å². The van der Waals surface area contributed by atoms with Crippen LogP contribution in [-0.4, -0.2) is 20.1 Å². The fraction of sp³-hybridized carbons (Fsp3) is 0.318. The van der Waals surface area contributed by atoms with Crippen molar-refractivity contribution >= 4 is 31.8 Å². The van der Waals surface area contributed by atoms with E-state index < -0.39 is 0 Å². The average molecular weight is 391 g/mol. The first kappa shape index (κ1) is 17.5. The van der Waals surface area contributed by atoms with Gasteiger partial charge in [0.15, 0.2) is 0 Å². The fourth-order valence-corrected chi connectivity index (χ4v) is 4.81. The molecule has 5 rings (SSSR count). The van der Waals surface area contributed by atoms with Gasteiger partial charge in [-0.05, 0) is 25.0 Å². The summed E-state index contributed by atoms with van der Waals surface area (Å²) in [5.74, 6) is 0. The molecule has 0 radical (unpaired) electrons. The van der Waals surface area contributed by atoms with E-state index in [1.165, 1.54) is 11.3 Å². The van der Waals surface area contributed by atoms with Gasteiger partial charge in [-0.3, -0.25) is 9.36 Å². The zero-order valence-electron chi connectivity index (χ0n) is 15.9. The maximum absolute atomic E-state index is 13.1. The highest BCUT2D eigenvalue weighted by Crippen LogP contribution is 2.35. The Balaban J connectivity index is 1.62. The molecule has 5 nitrogen and oxygen atoms in total. The molecule has 0 spiro atoms. The van der Waals surface area contributed by atoms with E-state index >= 15 is 0 Å². The van der Waals surface area contributed by atoms with Gasteiger partial charge in [-0.15, -0.1) is 11.3 Å². The van der Waals surface area contributed by atoms with Crippen LogP contribution in [0.1, 0.15) is 37.1 Å². The van der Waals surface area contributed by atoms with Crippen molar-refractivity contribution in [2.45, 2.75) is 45.4 Å². The van der Waals surface area contributed by atoms with E-state index in [-0.39, 0.29) is 11.2 Å². The molecular formula is C22H21N3O2S. The SMILES string of the molecule is CC[C@@]1(C)Cc2nc3sc4c(=O)n(Cc5ccccc5)cnc4c3cc2CO1. The second-order valence-electron chi connectivity index (χ2n) is 7.66. The summed E-state index contributed by atoms with van der Waals surface area (Å²) in [6, 6.07) is 12.1. The number of rotatable bonds is 3. The van der Waals surface area contributed by atoms with Crippen LogP contribution in [0.2, 0.25) is 0 Å². The Morgan fingerprint density at radius 2 is 2.11 bits per heavy atom. The molecule has 1 aliphatic rings. The standard InChI is InChI=1S/C22H21N3O2S/c1-3-22(2)10-17-15(12-27-22)9-16-18-19(28-20(16)24-17)21(26)25(13-23-18)11-14-7-5-4-6-8-14/h4-9,13H,3,10-12H2,1-2H3/t22-/m0/s1. The number of hydrogen-bond donors (Lipinski definition) is 0. The normalized spacial score (nSPS) is 19.2. The van der Waals surface area contributed by atoms with Gasteiger partial charge < -0.3 is 4.74 Å². The third-order valence-electron chi connectivity index (χ3n) is 5.67. The highest BCUT2D eigenvalue weighted by Gasteiger charge is 2.30. The van der Waals surface area contributed by atoms with Crippen molar-refractivity contribution in [2.24, 2.45) is 0 Å². The van der Waals surface area contributed by atoms with Crippen molar-refractivity contribution in [1.82, 2.24) is 14.5 Å². The van der Waals surface area contributed by atoms with Crippen molar-refractivity contribution in [1.29, 1.82) is 0 Å². The molecule has 4 heterocycles. The number of thiophene rings is 1. The Morgan fingerprint density at radius 1 is 1.29 bits per heavy atom. The van der Waals surface area contributed by atoms with Crippen molar-refractivity contribution in [3.8, 4) is 0 Å². The van der Waals surface area contributed by atoms with Gasteiger partial charge in [-0.25, -0.2) is 9.97 Å². The van der Waals surface area contributed by atoms with Gasteiger partial charge in [0.25, 0.3) is 5.56 Å². The summed E-state index contributed by atoms with van der Waals surface area (Å²) in [4.78, 5) is 23.5. The smallest absolute Gasteiger partial charge is 0.271 e. The molecular weight excluding hydrogens is 370 g/mol. The predicted molar refractivity (Wildman–Crippen MR) is 112 cm³/mol. The van der Waals surface area contributed by atoms with Crippen LogP contribution in [0.5, 0.6) is 0 Å². The van der Waals surface area contributed by atoms with E-state index in [0.29, 0.717) is 17.9 Å². The lowest BCUT2D eigenvalue weighted by molar-refractivity contribution is -0.0573. The second kappa shape index (κ2) is 6.50. The molecule has 0 unspecified atom stereocenters. The minimum Gasteiger partial charge on any atom is -0.370 e. The zero-order valence-corrected chi connectivity index (χ0v) is 16.8. The fourth-order valence-electron chi connectivity index (χ4n) is 3.73. The Bertz CT molecular complexity index is 1250. The van der Waals surface area contributed by atoms with Crippen LogP contribution in [-0.2, 0) is 24.3 Å². The maximum Gasteiger partial charge on any atom is 0.271 e. The zero-order chi connectivity index (χ0) is 19.3. The van der Waals surface area contributed by atoms with Gasteiger partial charge in [-0.2, -0.15) is 0 Å². The van der Waals surface area contributed by atoms with Crippen LogP contribution in [0, 0.1) is 0 Å². The number of aromatic nitrogens is 3. The first-order valence-electron chi connectivity index (χ1n) is 9.55.